The number of carbonyl (C=O) groups is 1. The van der Waals surface area contributed by atoms with E-state index in [1.165, 1.54) is 0 Å². The van der Waals surface area contributed by atoms with Crippen LogP contribution in [0.25, 0.3) is 16.8 Å². The van der Waals surface area contributed by atoms with Gasteiger partial charge in [-0.1, -0.05) is 61.9 Å². The van der Waals surface area contributed by atoms with Crippen LogP contribution in [-0.2, 0) is 4.79 Å². The van der Waals surface area contributed by atoms with Crippen molar-refractivity contribution in [3.63, 3.8) is 0 Å². The maximum absolute atomic E-state index is 13.0. The van der Waals surface area contributed by atoms with E-state index in [1.54, 1.807) is 11.6 Å². The van der Waals surface area contributed by atoms with Crippen molar-refractivity contribution in [1.29, 1.82) is 0 Å². The van der Waals surface area contributed by atoms with Crippen LogP contribution in [0, 0.1) is 19.8 Å². The standard InChI is InChI=1S/C22H23N3O2/c1-14(2)22(27)23-21-19(17-12-10-15(3)11-13-17)20(26)16(4)24-25(21)18-8-6-5-7-9-18/h5-14H,1-4H3,(H,23,27). The zero-order valence-electron chi connectivity index (χ0n) is 16.0. The van der Waals surface area contributed by atoms with E-state index in [0.29, 0.717) is 17.1 Å². The minimum absolute atomic E-state index is 0.168. The van der Waals surface area contributed by atoms with E-state index in [4.69, 9.17) is 0 Å². The Kier molecular flexibility index (Phi) is 5.21. The molecule has 2 aromatic carbocycles. The van der Waals surface area contributed by atoms with E-state index in [1.807, 2.05) is 75.4 Å². The molecule has 0 saturated heterocycles. The average molecular weight is 361 g/mol. The zero-order chi connectivity index (χ0) is 19.6. The van der Waals surface area contributed by atoms with Crippen molar-refractivity contribution in [3.05, 3.63) is 76.1 Å². The quantitative estimate of drug-likeness (QED) is 0.760. The van der Waals surface area contributed by atoms with Crippen LogP contribution in [0.3, 0.4) is 0 Å². The molecule has 0 radical (unpaired) electrons. The van der Waals surface area contributed by atoms with E-state index in [-0.39, 0.29) is 17.3 Å². The molecule has 1 heterocycles. The van der Waals surface area contributed by atoms with E-state index in [2.05, 4.69) is 10.4 Å². The van der Waals surface area contributed by atoms with E-state index >= 15 is 0 Å². The van der Waals surface area contributed by atoms with Gasteiger partial charge in [0.15, 0.2) is 0 Å². The normalized spacial score (nSPS) is 10.9. The number of anilines is 1. The van der Waals surface area contributed by atoms with Gasteiger partial charge in [0.2, 0.25) is 11.3 Å². The minimum atomic E-state index is -0.225. The molecule has 0 unspecified atom stereocenters. The number of hydrogen-bond acceptors (Lipinski definition) is 3. The van der Waals surface area contributed by atoms with Gasteiger partial charge in [-0.15, -0.1) is 0 Å². The van der Waals surface area contributed by atoms with Crippen LogP contribution < -0.4 is 10.7 Å². The van der Waals surface area contributed by atoms with Crippen molar-refractivity contribution < 1.29 is 4.79 Å². The lowest BCUT2D eigenvalue weighted by Gasteiger charge is -2.19. The highest BCUT2D eigenvalue weighted by molar-refractivity contribution is 5.95. The lowest BCUT2D eigenvalue weighted by Crippen LogP contribution is -2.26. The number of amides is 1. The average Bonchev–Trinajstić information content (AvgIpc) is 2.66. The molecule has 1 amide bonds. The smallest absolute Gasteiger partial charge is 0.228 e. The van der Waals surface area contributed by atoms with Crippen molar-refractivity contribution in [2.75, 3.05) is 5.32 Å². The van der Waals surface area contributed by atoms with Gasteiger partial charge in [-0.25, -0.2) is 4.68 Å². The molecule has 0 atom stereocenters. The summed E-state index contributed by atoms with van der Waals surface area (Å²) in [4.78, 5) is 25.5. The second kappa shape index (κ2) is 7.58. The lowest BCUT2D eigenvalue weighted by molar-refractivity contribution is -0.118. The van der Waals surface area contributed by atoms with Crippen LogP contribution in [0.2, 0.25) is 0 Å². The number of rotatable bonds is 4. The second-order valence-corrected chi connectivity index (χ2v) is 6.90. The van der Waals surface area contributed by atoms with Crippen LogP contribution in [0.1, 0.15) is 25.1 Å². The van der Waals surface area contributed by atoms with Crippen molar-refractivity contribution in [3.8, 4) is 16.8 Å². The number of carbonyl (C=O) groups excluding carboxylic acids is 1. The fraction of sp³-hybridized carbons (Fsp3) is 0.227. The van der Waals surface area contributed by atoms with Gasteiger partial charge in [0.25, 0.3) is 0 Å². The number of nitrogens with zero attached hydrogens (tertiary/aromatic N) is 2. The summed E-state index contributed by atoms with van der Waals surface area (Å²) in [5, 5.41) is 7.37. The molecule has 0 saturated carbocycles. The van der Waals surface area contributed by atoms with Crippen LogP contribution in [0.15, 0.2) is 59.4 Å². The molecule has 5 heteroatoms. The number of nitrogens with one attached hydrogen (secondary N) is 1. The fourth-order valence-electron chi connectivity index (χ4n) is 2.76. The SMILES string of the molecule is Cc1ccc(-c2c(NC(=O)C(C)C)n(-c3ccccc3)nc(C)c2=O)cc1. The van der Waals surface area contributed by atoms with Crippen molar-refractivity contribution >= 4 is 11.7 Å². The van der Waals surface area contributed by atoms with E-state index < -0.39 is 0 Å². The molecule has 27 heavy (non-hydrogen) atoms. The summed E-state index contributed by atoms with van der Waals surface area (Å²) in [7, 11) is 0. The molecule has 3 aromatic rings. The highest BCUT2D eigenvalue weighted by atomic mass is 16.2. The van der Waals surface area contributed by atoms with E-state index in [9.17, 15) is 9.59 Å². The first-order valence-corrected chi connectivity index (χ1v) is 8.95. The Bertz CT molecular complexity index is 1020. The number of para-hydroxylation sites is 1. The van der Waals surface area contributed by atoms with Gasteiger partial charge in [-0.2, -0.15) is 5.10 Å². The number of aromatic nitrogens is 2. The van der Waals surface area contributed by atoms with Crippen molar-refractivity contribution in [2.45, 2.75) is 27.7 Å². The fourth-order valence-corrected chi connectivity index (χ4v) is 2.76. The molecule has 1 N–H and O–H groups in total. The molecular formula is C22H23N3O2. The molecule has 138 valence electrons. The molecule has 0 spiro atoms. The summed E-state index contributed by atoms with van der Waals surface area (Å²) in [5.41, 5.74) is 3.25. The third-order valence-corrected chi connectivity index (χ3v) is 4.36. The second-order valence-electron chi connectivity index (χ2n) is 6.90. The summed E-state index contributed by atoms with van der Waals surface area (Å²) in [6.45, 7) is 7.31. The number of hydrogen-bond donors (Lipinski definition) is 1. The summed E-state index contributed by atoms with van der Waals surface area (Å²) in [5.74, 6) is -0.00561. The summed E-state index contributed by atoms with van der Waals surface area (Å²) in [6, 6.07) is 17.2. The molecule has 5 nitrogen and oxygen atoms in total. The lowest BCUT2D eigenvalue weighted by atomic mass is 10.0. The Labute approximate surface area is 158 Å². The molecule has 0 fully saturated rings. The predicted molar refractivity (Wildman–Crippen MR) is 108 cm³/mol. The van der Waals surface area contributed by atoms with Gasteiger partial charge in [0, 0.05) is 5.92 Å². The Hall–Kier alpha value is -3.21. The van der Waals surface area contributed by atoms with Gasteiger partial charge in [-0.3, -0.25) is 9.59 Å². The zero-order valence-corrected chi connectivity index (χ0v) is 16.0. The summed E-state index contributed by atoms with van der Waals surface area (Å²) < 4.78 is 1.63. The Balaban J connectivity index is 2.33. The molecule has 3 rings (SSSR count). The largest absolute Gasteiger partial charge is 0.310 e. The first kappa shape index (κ1) is 18.6. The van der Waals surface area contributed by atoms with Gasteiger partial charge in [-0.05, 0) is 31.5 Å². The monoisotopic (exact) mass is 361 g/mol. The van der Waals surface area contributed by atoms with Gasteiger partial charge < -0.3 is 5.32 Å². The third kappa shape index (κ3) is 3.82. The number of benzene rings is 2. The van der Waals surface area contributed by atoms with Gasteiger partial charge in [0.05, 0.1) is 11.3 Å². The molecule has 1 aromatic heterocycles. The Morgan fingerprint density at radius 3 is 2.22 bits per heavy atom. The first-order chi connectivity index (χ1) is 12.9. The maximum Gasteiger partial charge on any atom is 0.228 e. The van der Waals surface area contributed by atoms with Gasteiger partial charge in [0.1, 0.15) is 11.5 Å². The number of aryl methyl sites for hydroxylation is 2. The molecular weight excluding hydrogens is 338 g/mol. The predicted octanol–water partition coefficient (Wildman–Crippen LogP) is 4.11. The maximum atomic E-state index is 13.0. The summed E-state index contributed by atoms with van der Waals surface area (Å²) >= 11 is 0. The Morgan fingerprint density at radius 2 is 1.63 bits per heavy atom. The van der Waals surface area contributed by atoms with Crippen LogP contribution in [0.5, 0.6) is 0 Å². The molecule has 0 bridgehead atoms. The first-order valence-electron chi connectivity index (χ1n) is 8.95. The minimum Gasteiger partial charge on any atom is -0.310 e. The third-order valence-electron chi connectivity index (χ3n) is 4.36. The molecule has 0 aliphatic carbocycles. The van der Waals surface area contributed by atoms with Crippen molar-refractivity contribution in [2.24, 2.45) is 5.92 Å². The summed E-state index contributed by atoms with van der Waals surface area (Å²) in [6.07, 6.45) is 0. The van der Waals surface area contributed by atoms with Crippen LogP contribution in [-0.4, -0.2) is 15.7 Å². The Morgan fingerprint density at radius 1 is 1.00 bits per heavy atom. The van der Waals surface area contributed by atoms with Crippen LogP contribution in [0.4, 0.5) is 5.82 Å². The van der Waals surface area contributed by atoms with Gasteiger partial charge >= 0.3 is 0 Å². The van der Waals surface area contributed by atoms with E-state index in [0.717, 1.165) is 16.8 Å². The molecule has 0 aliphatic heterocycles. The van der Waals surface area contributed by atoms with Crippen LogP contribution >= 0.6 is 0 Å². The highest BCUT2D eigenvalue weighted by Gasteiger charge is 2.21. The topological polar surface area (TPSA) is 64.0 Å². The van der Waals surface area contributed by atoms with Crippen molar-refractivity contribution in [1.82, 2.24) is 9.78 Å². The molecule has 0 aliphatic rings. The highest BCUT2D eigenvalue weighted by Crippen LogP contribution is 2.27.